The SMILES string of the molecule is CNC(CCCS(C)(=O)=O)c1cccc(Cl)c1Cl. The van der Waals surface area contributed by atoms with E-state index in [1.165, 1.54) is 6.26 Å². The molecular weight excluding hydrogens is 293 g/mol. The van der Waals surface area contributed by atoms with Gasteiger partial charge in [-0.1, -0.05) is 35.3 Å². The topological polar surface area (TPSA) is 46.2 Å². The average molecular weight is 310 g/mol. The summed E-state index contributed by atoms with van der Waals surface area (Å²) in [6.07, 6.45) is 2.53. The van der Waals surface area contributed by atoms with Gasteiger partial charge in [-0.2, -0.15) is 0 Å². The zero-order valence-electron chi connectivity index (χ0n) is 10.4. The summed E-state index contributed by atoms with van der Waals surface area (Å²) in [6, 6.07) is 5.48. The molecule has 1 N–H and O–H groups in total. The molecule has 1 aromatic rings. The van der Waals surface area contributed by atoms with Crippen LogP contribution in [0.5, 0.6) is 0 Å². The molecule has 0 fully saturated rings. The molecule has 0 aliphatic heterocycles. The number of hydrogen-bond acceptors (Lipinski definition) is 3. The highest BCUT2D eigenvalue weighted by Crippen LogP contribution is 2.31. The van der Waals surface area contributed by atoms with Gasteiger partial charge in [0, 0.05) is 18.1 Å². The second-order valence-corrected chi connectivity index (χ2v) is 7.30. The molecule has 3 nitrogen and oxygen atoms in total. The van der Waals surface area contributed by atoms with Crippen LogP contribution in [0.15, 0.2) is 18.2 Å². The molecule has 6 heteroatoms. The van der Waals surface area contributed by atoms with Gasteiger partial charge in [-0.3, -0.25) is 0 Å². The molecule has 0 saturated heterocycles. The molecule has 0 aliphatic rings. The Morgan fingerprint density at radius 3 is 2.56 bits per heavy atom. The van der Waals surface area contributed by atoms with Gasteiger partial charge in [0.05, 0.1) is 10.0 Å². The Labute approximate surface area is 118 Å². The second kappa shape index (κ2) is 6.75. The summed E-state index contributed by atoms with van der Waals surface area (Å²) in [6.45, 7) is 0. The highest BCUT2D eigenvalue weighted by molar-refractivity contribution is 7.90. The van der Waals surface area contributed by atoms with Gasteiger partial charge in [-0.15, -0.1) is 0 Å². The Bertz CT molecular complexity index is 503. The molecule has 0 heterocycles. The van der Waals surface area contributed by atoms with Gasteiger partial charge in [0.2, 0.25) is 0 Å². The molecule has 0 amide bonds. The van der Waals surface area contributed by atoms with Crippen molar-refractivity contribution in [3.8, 4) is 0 Å². The van der Waals surface area contributed by atoms with E-state index in [2.05, 4.69) is 5.32 Å². The summed E-state index contributed by atoms with van der Waals surface area (Å²) >= 11 is 12.1. The summed E-state index contributed by atoms with van der Waals surface area (Å²) < 4.78 is 22.2. The third kappa shape index (κ3) is 4.76. The fourth-order valence-electron chi connectivity index (χ4n) is 1.79. The maximum Gasteiger partial charge on any atom is 0.147 e. The van der Waals surface area contributed by atoms with Crippen LogP contribution in [0.1, 0.15) is 24.4 Å². The quantitative estimate of drug-likeness (QED) is 0.878. The van der Waals surface area contributed by atoms with Gasteiger partial charge >= 0.3 is 0 Å². The van der Waals surface area contributed by atoms with Crippen molar-refractivity contribution in [3.63, 3.8) is 0 Å². The third-order valence-electron chi connectivity index (χ3n) is 2.71. The highest BCUT2D eigenvalue weighted by Gasteiger charge is 2.15. The molecule has 0 bridgehead atoms. The van der Waals surface area contributed by atoms with E-state index in [0.717, 1.165) is 5.56 Å². The summed E-state index contributed by atoms with van der Waals surface area (Å²) in [5, 5.41) is 4.17. The Morgan fingerprint density at radius 2 is 2.00 bits per heavy atom. The molecule has 1 rings (SSSR count). The second-order valence-electron chi connectivity index (χ2n) is 4.26. The Hall–Kier alpha value is -0.290. The molecule has 1 aromatic carbocycles. The van der Waals surface area contributed by atoms with Crippen LogP contribution in [0.4, 0.5) is 0 Å². The minimum atomic E-state index is -2.92. The minimum Gasteiger partial charge on any atom is -0.313 e. The first-order valence-electron chi connectivity index (χ1n) is 5.64. The van der Waals surface area contributed by atoms with Crippen molar-refractivity contribution < 1.29 is 8.42 Å². The van der Waals surface area contributed by atoms with E-state index in [1.807, 2.05) is 19.2 Å². The van der Waals surface area contributed by atoms with Gasteiger partial charge in [-0.05, 0) is 31.5 Å². The van der Waals surface area contributed by atoms with E-state index >= 15 is 0 Å². The lowest BCUT2D eigenvalue weighted by Gasteiger charge is -2.18. The van der Waals surface area contributed by atoms with Crippen LogP contribution in [0, 0.1) is 0 Å². The Kier molecular flexibility index (Phi) is 5.92. The van der Waals surface area contributed by atoms with Gasteiger partial charge in [-0.25, -0.2) is 8.42 Å². The smallest absolute Gasteiger partial charge is 0.147 e. The van der Waals surface area contributed by atoms with E-state index in [0.29, 0.717) is 22.9 Å². The third-order valence-corrected chi connectivity index (χ3v) is 4.58. The van der Waals surface area contributed by atoms with E-state index in [1.54, 1.807) is 6.07 Å². The van der Waals surface area contributed by atoms with Gasteiger partial charge in [0.1, 0.15) is 9.84 Å². The largest absolute Gasteiger partial charge is 0.313 e. The summed E-state index contributed by atoms with van der Waals surface area (Å²) in [4.78, 5) is 0. The van der Waals surface area contributed by atoms with E-state index < -0.39 is 9.84 Å². The van der Waals surface area contributed by atoms with Crippen molar-refractivity contribution in [2.45, 2.75) is 18.9 Å². The molecule has 1 atom stereocenters. The molecule has 0 aromatic heterocycles. The lowest BCUT2D eigenvalue weighted by Crippen LogP contribution is -2.18. The molecule has 1 unspecified atom stereocenters. The fraction of sp³-hybridized carbons (Fsp3) is 0.500. The number of halogens is 2. The van der Waals surface area contributed by atoms with Gasteiger partial charge in [0.25, 0.3) is 0 Å². The van der Waals surface area contributed by atoms with Crippen LogP contribution in [0.3, 0.4) is 0 Å². The van der Waals surface area contributed by atoms with Crippen LogP contribution in [0.2, 0.25) is 10.0 Å². The number of sulfone groups is 1. The lowest BCUT2D eigenvalue weighted by molar-refractivity contribution is 0.536. The zero-order chi connectivity index (χ0) is 13.8. The van der Waals surface area contributed by atoms with Crippen LogP contribution < -0.4 is 5.32 Å². The number of nitrogens with one attached hydrogen (secondary N) is 1. The Balaban J connectivity index is 2.75. The van der Waals surface area contributed by atoms with Crippen molar-refractivity contribution in [1.82, 2.24) is 5.32 Å². The maximum absolute atomic E-state index is 11.1. The molecule has 0 radical (unpaired) electrons. The van der Waals surface area contributed by atoms with Gasteiger partial charge < -0.3 is 5.32 Å². The average Bonchev–Trinajstić information content (AvgIpc) is 2.27. The van der Waals surface area contributed by atoms with Crippen molar-refractivity contribution >= 4 is 33.0 Å². The zero-order valence-corrected chi connectivity index (χ0v) is 12.7. The molecule has 0 saturated carbocycles. The van der Waals surface area contributed by atoms with E-state index in [-0.39, 0.29) is 11.8 Å². The standard InChI is InChI=1S/C12H17Cl2NO2S/c1-15-11(7-4-8-18(2,16)17)9-5-3-6-10(13)12(9)14/h3,5-6,11,15H,4,7-8H2,1-2H3. The van der Waals surface area contributed by atoms with Crippen LogP contribution >= 0.6 is 23.2 Å². The van der Waals surface area contributed by atoms with Crippen LogP contribution in [-0.2, 0) is 9.84 Å². The molecular formula is C12H17Cl2NO2S. The van der Waals surface area contributed by atoms with Crippen molar-refractivity contribution in [2.75, 3.05) is 19.1 Å². The molecule has 0 aliphatic carbocycles. The first-order chi connectivity index (χ1) is 8.35. The Morgan fingerprint density at radius 1 is 1.33 bits per heavy atom. The maximum atomic E-state index is 11.1. The van der Waals surface area contributed by atoms with Gasteiger partial charge in [0.15, 0.2) is 0 Å². The number of benzene rings is 1. The van der Waals surface area contributed by atoms with Crippen molar-refractivity contribution in [3.05, 3.63) is 33.8 Å². The predicted octanol–water partition coefficient (Wildman–Crippen LogP) is 3.08. The van der Waals surface area contributed by atoms with Crippen molar-refractivity contribution in [2.24, 2.45) is 0 Å². The highest BCUT2D eigenvalue weighted by atomic mass is 35.5. The lowest BCUT2D eigenvalue weighted by atomic mass is 10.0. The minimum absolute atomic E-state index is 0.0120. The number of hydrogen-bond donors (Lipinski definition) is 1. The van der Waals surface area contributed by atoms with Crippen LogP contribution in [-0.4, -0.2) is 27.5 Å². The van der Waals surface area contributed by atoms with Crippen molar-refractivity contribution in [1.29, 1.82) is 0 Å². The molecule has 18 heavy (non-hydrogen) atoms. The monoisotopic (exact) mass is 309 g/mol. The van der Waals surface area contributed by atoms with E-state index in [9.17, 15) is 8.42 Å². The fourth-order valence-corrected chi connectivity index (χ4v) is 2.93. The normalized spacial score (nSPS) is 13.6. The van der Waals surface area contributed by atoms with E-state index in [4.69, 9.17) is 23.2 Å². The summed E-state index contributed by atoms with van der Waals surface area (Å²) in [5.74, 6) is 0.184. The first kappa shape index (κ1) is 15.8. The molecule has 0 spiro atoms. The summed E-state index contributed by atoms with van der Waals surface area (Å²) in [7, 11) is -1.09. The molecule has 102 valence electrons. The number of rotatable bonds is 6. The van der Waals surface area contributed by atoms with Crippen LogP contribution in [0.25, 0.3) is 0 Å². The first-order valence-corrected chi connectivity index (χ1v) is 8.45. The summed E-state index contributed by atoms with van der Waals surface area (Å²) in [5.41, 5.74) is 0.903. The predicted molar refractivity (Wildman–Crippen MR) is 77.2 cm³/mol.